The van der Waals surface area contributed by atoms with Crippen LogP contribution in [-0.2, 0) is 4.74 Å². The standard InChI is InChI=1S/C10H15ClN2O/c1-8(5-6-14-2)13-10-4-3-9(11)7-12-10/h3-4,7-8H,5-6H2,1-2H3,(H,12,13). The minimum atomic E-state index is 0.351. The molecule has 1 unspecified atom stereocenters. The van der Waals surface area contributed by atoms with Crippen molar-refractivity contribution in [3.05, 3.63) is 23.4 Å². The van der Waals surface area contributed by atoms with E-state index in [1.165, 1.54) is 0 Å². The van der Waals surface area contributed by atoms with Gasteiger partial charge in [0, 0.05) is 26.0 Å². The van der Waals surface area contributed by atoms with Crippen molar-refractivity contribution in [1.29, 1.82) is 0 Å². The highest BCUT2D eigenvalue weighted by Gasteiger charge is 2.01. The molecule has 3 nitrogen and oxygen atoms in total. The molecule has 78 valence electrons. The summed E-state index contributed by atoms with van der Waals surface area (Å²) in [5, 5.41) is 3.91. The number of anilines is 1. The Balaban J connectivity index is 2.39. The van der Waals surface area contributed by atoms with Gasteiger partial charge in [0.15, 0.2) is 0 Å². The average molecular weight is 215 g/mol. The van der Waals surface area contributed by atoms with Crippen LogP contribution < -0.4 is 5.32 Å². The van der Waals surface area contributed by atoms with Gasteiger partial charge in [-0.05, 0) is 25.5 Å². The first kappa shape index (κ1) is 11.3. The molecule has 0 fully saturated rings. The maximum absolute atomic E-state index is 5.72. The lowest BCUT2D eigenvalue weighted by molar-refractivity contribution is 0.191. The molecule has 0 saturated heterocycles. The number of pyridine rings is 1. The van der Waals surface area contributed by atoms with Crippen LogP contribution in [0.2, 0.25) is 5.02 Å². The van der Waals surface area contributed by atoms with Crippen molar-refractivity contribution in [1.82, 2.24) is 4.98 Å². The number of hydrogen-bond donors (Lipinski definition) is 1. The highest BCUT2D eigenvalue weighted by atomic mass is 35.5. The number of hydrogen-bond acceptors (Lipinski definition) is 3. The molecule has 1 rings (SSSR count). The van der Waals surface area contributed by atoms with Crippen LogP contribution in [-0.4, -0.2) is 24.7 Å². The van der Waals surface area contributed by atoms with E-state index in [1.54, 1.807) is 13.3 Å². The van der Waals surface area contributed by atoms with Gasteiger partial charge < -0.3 is 10.1 Å². The molecule has 1 atom stereocenters. The maximum atomic E-state index is 5.72. The van der Waals surface area contributed by atoms with Gasteiger partial charge in [-0.15, -0.1) is 0 Å². The van der Waals surface area contributed by atoms with Crippen molar-refractivity contribution < 1.29 is 4.74 Å². The molecule has 0 aliphatic heterocycles. The monoisotopic (exact) mass is 214 g/mol. The largest absolute Gasteiger partial charge is 0.385 e. The Morgan fingerprint density at radius 3 is 2.93 bits per heavy atom. The van der Waals surface area contributed by atoms with Crippen molar-refractivity contribution in [3.63, 3.8) is 0 Å². The van der Waals surface area contributed by atoms with Crippen LogP contribution in [0.25, 0.3) is 0 Å². The molecule has 1 aromatic rings. The second kappa shape index (κ2) is 5.83. The summed E-state index contributed by atoms with van der Waals surface area (Å²) in [5.41, 5.74) is 0. The molecule has 0 aliphatic carbocycles. The molecule has 0 aliphatic rings. The Kier molecular flexibility index (Phi) is 4.70. The quantitative estimate of drug-likeness (QED) is 0.818. The van der Waals surface area contributed by atoms with Crippen LogP contribution in [0.1, 0.15) is 13.3 Å². The number of nitrogens with zero attached hydrogens (tertiary/aromatic N) is 1. The fourth-order valence-electron chi connectivity index (χ4n) is 1.08. The first-order valence-electron chi connectivity index (χ1n) is 4.59. The lowest BCUT2D eigenvalue weighted by atomic mass is 10.2. The van der Waals surface area contributed by atoms with Gasteiger partial charge in [-0.3, -0.25) is 0 Å². The fraction of sp³-hybridized carbons (Fsp3) is 0.500. The summed E-state index contributed by atoms with van der Waals surface area (Å²) in [4.78, 5) is 4.14. The minimum absolute atomic E-state index is 0.351. The second-order valence-corrected chi connectivity index (χ2v) is 3.62. The zero-order valence-electron chi connectivity index (χ0n) is 8.46. The smallest absolute Gasteiger partial charge is 0.126 e. The van der Waals surface area contributed by atoms with Gasteiger partial charge in [-0.1, -0.05) is 11.6 Å². The summed E-state index contributed by atoms with van der Waals surface area (Å²) >= 11 is 5.72. The first-order chi connectivity index (χ1) is 6.72. The fourth-order valence-corrected chi connectivity index (χ4v) is 1.19. The molecule has 0 spiro atoms. The van der Waals surface area contributed by atoms with Crippen LogP contribution >= 0.6 is 11.6 Å². The summed E-state index contributed by atoms with van der Waals surface area (Å²) in [5.74, 6) is 0.845. The third kappa shape index (κ3) is 3.94. The van der Waals surface area contributed by atoms with E-state index in [0.29, 0.717) is 11.1 Å². The van der Waals surface area contributed by atoms with Crippen LogP contribution in [0.4, 0.5) is 5.82 Å². The van der Waals surface area contributed by atoms with Crippen LogP contribution in [0.3, 0.4) is 0 Å². The highest BCUT2D eigenvalue weighted by Crippen LogP contribution is 2.11. The highest BCUT2D eigenvalue weighted by molar-refractivity contribution is 6.30. The molecule has 0 radical (unpaired) electrons. The third-order valence-corrected chi connectivity index (χ3v) is 2.10. The molecule has 4 heteroatoms. The molecular formula is C10H15ClN2O. The van der Waals surface area contributed by atoms with Gasteiger partial charge in [0.05, 0.1) is 5.02 Å². The Morgan fingerprint density at radius 2 is 2.36 bits per heavy atom. The number of halogens is 1. The average Bonchev–Trinajstić information content (AvgIpc) is 2.18. The lowest BCUT2D eigenvalue weighted by Gasteiger charge is -2.13. The number of methoxy groups -OCH3 is 1. The molecular weight excluding hydrogens is 200 g/mol. The maximum Gasteiger partial charge on any atom is 0.126 e. The normalized spacial score (nSPS) is 12.5. The van der Waals surface area contributed by atoms with Gasteiger partial charge >= 0.3 is 0 Å². The topological polar surface area (TPSA) is 34.1 Å². The molecule has 1 N–H and O–H groups in total. The van der Waals surface area contributed by atoms with E-state index in [2.05, 4.69) is 17.2 Å². The van der Waals surface area contributed by atoms with Crippen molar-refractivity contribution in [2.24, 2.45) is 0 Å². The molecule has 1 heterocycles. The SMILES string of the molecule is COCCC(C)Nc1ccc(Cl)cn1. The van der Waals surface area contributed by atoms with E-state index in [9.17, 15) is 0 Å². The van der Waals surface area contributed by atoms with E-state index in [0.717, 1.165) is 18.8 Å². The minimum Gasteiger partial charge on any atom is -0.385 e. The van der Waals surface area contributed by atoms with Crippen molar-refractivity contribution in [2.45, 2.75) is 19.4 Å². The first-order valence-corrected chi connectivity index (χ1v) is 4.97. The number of aromatic nitrogens is 1. The second-order valence-electron chi connectivity index (χ2n) is 3.19. The predicted octanol–water partition coefficient (Wildman–Crippen LogP) is 2.57. The van der Waals surface area contributed by atoms with Gasteiger partial charge in [-0.25, -0.2) is 4.98 Å². The molecule has 0 saturated carbocycles. The number of ether oxygens (including phenoxy) is 1. The van der Waals surface area contributed by atoms with Crippen LogP contribution in [0.15, 0.2) is 18.3 Å². The lowest BCUT2D eigenvalue weighted by Crippen LogP contribution is -2.17. The van der Waals surface area contributed by atoms with E-state index in [4.69, 9.17) is 16.3 Å². The Hall–Kier alpha value is -0.800. The molecule has 1 aromatic heterocycles. The van der Waals surface area contributed by atoms with Crippen LogP contribution in [0, 0.1) is 0 Å². The van der Waals surface area contributed by atoms with Gasteiger partial charge in [0.25, 0.3) is 0 Å². The van der Waals surface area contributed by atoms with Crippen LogP contribution in [0.5, 0.6) is 0 Å². The van der Waals surface area contributed by atoms with Gasteiger partial charge in [0.1, 0.15) is 5.82 Å². The zero-order valence-corrected chi connectivity index (χ0v) is 9.21. The third-order valence-electron chi connectivity index (χ3n) is 1.88. The molecule has 0 amide bonds. The van der Waals surface area contributed by atoms with Crippen molar-refractivity contribution in [2.75, 3.05) is 19.0 Å². The van der Waals surface area contributed by atoms with Crippen molar-refractivity contribution >= 4 is 17.4 Å². The van der Waals surface area contributed by atoms with E-state index < -0.39 is 0 Å². The molecule has 14 heavy (non-hydrogen) atoms. The summed E-state index contributed by atoms with van der Waals surface area (Å²) in [6.45, 7) is 2.84. The Morgan fingerprint density at radius 1 is 1.57 bits per heavy atom. The molecule has 0 aromatic carbocycles. The predicted molar refractivity (Wildman–Crippen MR) is 58.8 cm³/mol. The summed E-state index contributed by atoms with van der Waals surface area (Å²) in [7, 11) is 1.70. The van der Waals surface area contributed by atoms with E-state index >= 15 is 0 Å². The van der Waals surface area contributed by atoms with Gasteiger partial charge in [0.2, 0.25) is 0 Å². The summed E-state index contributed by atoms with van der Waals surface area (Å²) < 4.78 is 4.99. The van der Waals surface area contributed by atoms with E-state index in [1.807, 2.05) is 12.1 Å². The number of rotatable bonds is 5. The van der Waals surface area contributed by atoms with E-state index in [-0.39, 0.29) is 0 Å². The summed E-state index contributed by atoms with van der Waals surface area (Å²) in [6.07, 6.45) is 2.59. The number of nitrogens with one attached hydrogen (secondary N) is 1. The van der Waals surface area contributed by atoms with Gasteiger partial charge in [-0.2, -0.15) is 0 Å². The Labute approximate surface area is 89.4 Å². The Bertz CT molecular complexity index is 263. The zero-order chi connectivity index (χ0) is 10.4. The summed E-state index contributed by atoms with van der Waals surface area (Å²) in [6, 6.07) is 4.04. The molecule has 0 bridgehead atoms. The van der Waals surface area contributed by atoms with Crippen molar-refractivity contribution in [3.8, 4) is 0 Å².